The third-order valence-electron chi connectivity index (χ3n) is 5.98. The number of hydrogen-bond donors (Lipinski definition) is 1. The number of carbonyl (C=O) groups excluding carboxylic acids is 1. The number of rotatable bonds is 8. The second-order valence-corrected chi connectivity index (χ2v) is 7.43. The average Bonchev–Trinajstić information content (AvgIpc) is 2.99. The third-order valence-corrected chi connectivity index (χ3v) is 5.98. The van der Waals surface area contributed by atoms with Crippen molar-refractivity contribution in [2.24, 2.45) is 5.92 Å². The molecule has 4 heteroatoms. The summed E-state index contributed by atoms with van der Waals surface area (Å²) in [5, 5.41) is 3.37. The Kier molecular flexibility index (Phi) is 6.15. The summed E-state index contributed by atoms with van der Waals surface area (Å²) >= 11 is 0. The molecule has 0 saturated carbocycles. The van der Waals surface area contributed by atoms with Crippen molar-refractivity contribution in [3.63, 3.8) is 0 Å². The van der Waals surface area contributed by atoms with E-state index >= 15 is 0 Å². The SMILES string of the molecule is CCCC1CN(CC)C(=O)C1(CC)c1ccc(NCc2ccccc2)nc1. The van der Waals surface area contributed by atoms with E-state index in [-0.39, 0.29) is 5.91 Å². The van der Waals surface area contributed by atoms with Crippen LogP contribution >= 0.6 is 0 Å². The number of likely N-dealkylation sites (N-methyl/N-ethyl adjacent to an activating group) is 1. The molecule has 2 atom stereocenters. The molecular weight excluding hydrogens is 334 g/mol. The lowest BCUT2D eigenvalue weighted by molar-refractivity contribution is -0.132. The lowest BCUT2D eigenvalue weighted by Gasteiger charge is -2.32. The summed E-state index contributed by atoms with van der Waals surface area (Å²) in [7, 11) is 0. The predicted molar refractivity (Wildman–Crippen MR) is 111 cm³/mol. The fraction of sp³-hybridized carbons (Fsp3) is 0.478. The highest BCUT2D eigenvalue weighted by atomic mass is 16.2. The lowest BCUT2D eigenvalue weighted by atomic mass is 9.69. The van der Waals surface area contributed by atoms with Gasteiger partial charge in [0, 0.05) is 25.8 Å². The zero-order valence-electron chi connectivity index (χ0n) is 16.7. The minimum atomic E-state index is -0.420. The van der Waals surface area contributed by atoms with Gasteiger partial charge in [-0.2, -0.15) is 0 Å². The molecule has 1 aliphatic rings. The maximum atomic E-state index is 13.3. The number of nitrogens with zero attached hydrogens (tertiary/aromatic N) is 2. The van der Waals surface area contributed by atoms with Crippen molar-refractivity contribution in [2.45, 2.75) is 52.0 Å². The Morgan fingerprint density at radius 3 is 2.52 bits per heavy atom. The van der Waals surface area contributed by atoms with Crippen LogP contribution in [0.3, 0.4) is 0 Å². The molecule has 0 bridgehead atoms. The van der Waals surface area contributed by atoms with Crippen LogP contribution in [0.4, 0.5) is 5.82 Å². The highest BCUT2D eigenvalue weighted by molar-refractivity contribution is 5.91. The standard InChI is InChI=1S/C23H31N3O/c1-4-10-20-17-26(6-3)22(27)23(20,5-2)19-13-14-21(25-16-19)24-15-18-11-8-7-9-12-18/h7-9,11-14,16,20H,4-6,10,15,17H2,1-3H3,(H,24,25). The van der Waals surface area contributed by atoms with Crippen LogP contribution < -0.4 is 5.32 Å². The van der Waals surface area contributed by atoms with Crippen LogP contribution in [0.25, 0.3) is 0 Å². The van der Waals surface area contributed by atoms with Gasteiger partial charge in [-0.1, -0.05) is 56.7 Å². The largest absolute Gasteiger partial charge is 0.366 e. The number of likely N-dealkylation sites (tertiary alicyclic amines) is 1. The molecule has 4 nitrogen and oxygen atoms in total. The molecule has 0 aliphatic carbocycles. The van der Waals surface area contributed by atoms with E-state index < -0.39 is 5.41 Å². The number of amides is 1. The fourth-order valence-corrected chi connectivity index (χ4v) is 4.47. The van der Waals surface area contributed by atoms with Crippen LogP contribution in [0.15, 0.2) is 48.7 Å². The van der Waals surface area contributed by atoms with Gasteiger partial charge in [-0.15, -0.1) is 0 Å². The molecule has 2 heterocycles. The average molecular weight is 366 g/mol. The summed E-state index contributed by atoms with van der Waals surface area (Å²) in [5.74, 6) is 1.49. The molecule has 2 aromatic rings. The van der Waals surface area contributed by atoms with Crippen molar-refractivity contribution in [3.8, 4) is 0 Å². The maximum absolute atomic E-state index is 13.3. The van der Waals surface area contributed by atoms with Crippen molar-refractivity contribution in [1.82, 2.24) is 9.88 Å². The molecule has 1 aliphatic heterocycles. The number of benzene rings is 1. The summed E-state index contributed by atoms with van der Waals surface area (Å²) in [6.45, 7) is 8.81. The van der Waals surface area contributed by atoms with Crippen molar-refractivity contribution >= 4 is 11.7 Å². The Balaban J connectivity index is 1.81. The van der Waals surface area contributed by atoms with Crippen LogP contribution in [0, 0.1) is 5.92 Å². The molecule has 1 N–H and O–H groups in total. The minimum absolute atomic E-state index is 0.276. The second kappa shape index (κ2) is 8.55. The van der Waals surface area contributed by atoms with Crippen LogP contribution in [0.5, 0.6) is 0 Å². The zero-order chi connectivity index (χ0) is 19.3. The van der Waals surface area contributed by atoms with Crippen LogP contribution in [-0.2, 0) is 16.8 Å². The lowest BCUT2D eigenvalue weighted by Crippen LogP contribution is -2.40. The molecule has 27 heavy (non-hydrogen) atoms. The third kappa shape index (κ3) is 3.71. The molecule has 1 amide bonds. The molecule has 3 rings (SSSR count). The van der Waals surface area contributed by atoms with Gasteiger partial charge in [0.15, 0.2) is 0 Å². The highest BCUT2D eigenvalue weighted by Crippen LogP contribution is 2.45. The molecule has 1 aromatic heterocycles. The van der Waals surface area contributed by atoms with E-state index in [4.69, 9.17) is 0 Å². The Bertz CT molecular complexity index is 744. The molecule has 1 saturated heterocycles. The minimum Gasteiger partial charge on any atom is -0.366 e. The molecule has 0 spiro atoms. The number of carbonyl (C=O) groups is 1. The summed E-state index contributed by atoms with van der Waals surface area (Å²) < 4.78 is 0. The van der Waals surface area contributed by atoms with Crippen LogP contribution in [0.1, 0.15) is 51.2 Å². The van der Waals surface area contributed by atoms with Crippen molar-refractivity contribution in [3.05, 3.63) is 59.8 Å². The summed E-state index contributed by atoms with van der Waals surface area (Å²) in [5.41, 5.74) is 1.87. The topological polar surface area (TPSA) is 45.2 Å². The van der Waals surface area contributed by atoms with E-state index in [0.717, 1.165) is 50.3 Å². The molecule has 2 unspecified atom stereocenters. The van der Waals surface area contributed by atoms with E-state index in [1.165, 1.54) is 5.56 Å². The van der Waals surface area contributed by atoms with Gasteiger partial charge in [0.05, 0.1) is 5.41 Å². The van der Waals surface area contributed by atoms with Crippen molar-refractivity contribution < 1.29 is 4.79 Å². The highest BCUT2D eigenvalue weighted by Gasteiger charge is 2.52. The van der Waals surface area contributed by atoms with Gasteiger partial charge in [-0.05, 0) is 42.9 Å². The number of anilines is 1. The van der Waals surface area contributed by atoms with Gasteiger partial charge in [0.2, 0.25) is 5.91 Å². The normalized spacial score (nSPS) is 22.3. The Morgan fingerprint density at radius 1 is 1.15 bits per heavy atom. The summed E-state index contributed by atoms with van der Waals surface area (Å²) in [6.07, 6.45) is 4.91. The monoisotopic (exact) mass is 365 g/mol. The predicted octanol–water partition coefficient (Wildman–Crippen LogP) is 4.62. The Morgan fingerprint density at radius 2 is 1.93 bits per heavy atom. The van der Waals surface area contributed by atoms with Gasteiger partial charge in [-0.3, -0.25) is 4.79 Å². The van der Waals surface area contributed by atoms with Crippen molar-refractivity contribution in [1.29, 1.82) is 0 Å². The second-order valence-electron chi connectivity index (χ2n) is 7.43. The summed E-state index contributed by atoms with van der Waals surface area (Å²) in [6, 6.07) is 14.4. The number of hydrogen-bond acceptors (Lipinski definition) is 3. The maximum Gasteiger partial charge on any atom is 0.233 e. The Labute approximate surface area is 163 Å². The van der Waals surface area contributed by atoms with Crippen LogP contribution in [0.2, 0.25) is 0 Å². The number of nitrogens with one attached hydrogen (secondary N) is 1. The molecule has 1 aromatic carbocycles. The van der Waals surface area contributed by atoms with E-state index in [0.29, 0.717) is 5.92 Å². The quantitative estimate of drug-likeness (QED) is 0.742. The first-order chi connectivity index (χ1) is 13.2. The first-order valence-electron chi connectivity index (χ1n) is 10.2. The van der Waals surface area contributed by atoms with Crippen molar-refractivity contribution in [2.75, 3.05) is 18.4 Å². The van der Waals surface area contributed by atoms with E-state index in [1.54, 1.807) is 0 Å². The fourth-order valence-electron chi connectivity index (χ4n) is 4.47. The first-order valence-corrected chi connectivity index (χ1v) is 10.2. The Hall–Kier alpha value is -2.36. The number of pyridine rings is 1. The van der Waals surface area contributed by atoms with Gasteiger partial charge in [-0.25, -0.2) is 4.98 Å². The van der Waals surface area contributed by atoms with Crippen LogP contribution in [-0.4, -0.2) is 28.9 Å². The van der Waals surface area contributed by atoms with Gasteiger partial charge in [0.1, 0.15) is 5.82 Å². The number of aromatic nitrogens is 1. The molecule has 144 valence electrons. The van der Waals surface area contributed by atoms with Gasteiger partial charge in [0.25, 0.3) is 0 Å². The smallest absolute Gasteiger partial charge is 0.233 e. The van der Waals surface area contributed by atoms with Gasteiger partial charge < -0.3 is 10.2 Å². The molecular formula is C23H31N3O. The van der Waals surface area contributed by atoms with E-state index in [2.05, 4.69) is 49.3 Å². The van der Waals surface area contributed by atoms with E-state index in [1.807, 2.05) is 35.4 Å². The first kappa shape index (κ1) is 19.4. The summed E-state index contributed by atoms with van der Waals surface area (Å²) in [4.78, 5) is 19.9. The van der Waals surface area contributed by atoms with E-state index in [9.17, 15) is 4.79 Å². The molecule has 0 radical (unpaired) electrons. The molecule has 1 fully saturated rings. The zero-order valence-corrected chi connectivity index (χ0v) is 16.7. The van der Waals surface area contributed by atoms with Gasteiger partial charge >= 0.3 is 0 Å².